The van der Waals surface area contributed by atoms with Gasteiger partial charge in [0, 0.05) is 10.6 Å². The van der Waals surface area contributed by atoms with Crippen molar-refractivity contribution in [1.29, 1.82) is 0 Å². The SMILES string of the molecule is CCOP(=O)(OCC)C(/N=C1/C(=O)Nc2c(Cl)cc(Cl)cc21)C(F)(F)F. The molecule has 0 saturated carbocycles. The number of benzene rings is 1. The molecule has 0 bridgehead atoms. The maximum Gasteiger partial charge on any atom is 0.422 e. The molecule has 1 aliphatic heterocycles. The van der Waals surface area contributed by atoms with E-state index in [1.54, 1.807) is 0 Å². The van der Waals surface area contributed by atoms with E-state index >= 15 is 0 Å². The van der Waals surface area contributed by atoms with Crippen molar-refractivity contribution in [2.24, 2.45) is 4.99 Å². The molecule has 6 nitrogen and oxygen atoms in total. The first kappa shape index (κ1) is 21.2. The molecule has 1 N–H and O–H groups in total. The van der Waals surface area contributed by atoms with Crippen molar-refractivity contribution in [1.82, 2.24) is 0 Å². The minimum absolute atomic E-state index is 0.0266. The lowest BCUT2D eigenvalue weighted by Crippen LogP contribution is -2.31. The van der Waals surface area contributed by atoms with E-state index < -0.39 is 31.2 Å². The lowest BCUT2D eigenvalue weighted by atomic mass is 10.1. The molecule has 1 heterocycles. The van der Waals surface area contributed by atoms with Crippen molar-refractivity contribution in [3.63, 3.8) is 0 Å². The lowest BCUT2D eigenvalue weighted by Gasteiger charge is -2.25. The number of hydrogen-bond acceptors (Lipinski definition) is 5. The number of nitrogens with one attached hydrogen (secondary N) is 1. The van der Waals surface area contributed by atoms with Crippen LogP contribution in [0.5, 0.6) is 0 Å². The van der Waals surface area contributed by atoms with Crippen molar-refractivity contribution in [3.8, 4) is 0 Å². The molecule has 0 aliphatic carbocycles. The van der Waals surface area contributed by atoms with Gasteiger partial charge in [-0.05, 0) is 26.0 Å². The summed E-state index contributed by atoms with van der Waals surface area (Å²) in [5, 5.41) is 2.45. The van der Waals surface area contributed by atoms with E-state index in [1.165, 1.54) is 26.0 Å². The number of rotatable bonds is 6. The quantitative estimate of drug-likeness (QED) is 0.649. The highest BCUT2D eigenvalue weighted by Crippen LogP contribution is 2.59. The van der Waals surface area contributed by atoms with Gasteiger partial charge in [-0.2, -0.15) is 13.2 Å². The third-order valence-electron chi connectivity index (χ3n) is 3.23. The van der Waals surface area contributed by atoms with Gasteiger partial charge < -0.3 is 14.4 Å². The fourth-order valence-electron chi connectivity index (χ4n) is 2.29. The van der Waals surface area contributed by atoms with Crippen LogP contribution in [-0.4, -0.2) is 36.8 Å². The van der Waals surface area contributed by atoms with Gasteiger partial charge in [0.25, 0.3) is 5.91 Å². The first-order valence-corrected chi connectivity index (χ1v) is 9.74. The van der Waals surface area contributed by atoms with Crippen molar-refractivity contribution in [3.05, 3.63) is 27.7 Å². The standard InChI is InChI=1S/C14H14Cl2F3N2O4P/c1-3-24-26(23,25-4-2)13(14(17,18)19)21-11-8-5-7(15)6-9(16)10(8)20-12(11)22/h5-6,13H,3-4H2,1-2H3,(H,20,21,22). The van der Waals surface area contributed by atoms with Gasteiger partial charge in [0.15, 0.2) is 0 Å². The number of fused-ring (bicyclic) bond motifs is 1. The van der Waals surface area contributed by atoms with Crippen LogP contribution < -0.4 is 5.32 Å². The molecule has 1 aromatic rings. The van der Waals surface area contributed by atoms with Gasteiger partial charge in [-0.15, -0.1) is 0 Å². The predicted octanol–water partition coefficient (Wildman–Crippen LogP) is 4.89. The van der Waals surface area contributed by atoms with Gasteiger partial charge in [-0.3, -0.25) is 14.4 Å². The van der Waals surface area contributed by atoms with Crippen LogP contribution in [0.25, 0.3) is 0 Å². The van der Waals surface area contributed by atoms with E-state index in [-0.39, 0.29) is 34.5 Å². The van der Waals surface area contributed by atoms with Crippen LogP contribution in [0.4, 0.5) is 18.9 Å². The third kappa shape index (κ3) is 4.23. The maximum absolute atomic E-state index is 13.6. The van der Waals surface area contributed by atoms with Gasteiger partial charge in [-0.1, -0.05) is 23.2 Å². The van der Waals surface area contributed by atoms with Crippen LogP contribution >= 0.6 is 30.8 Å². The van der Waals surface area contributed by atoms with Crippen LogP contribution in [0.2, 0.25) is 10.0 Å². The van der Waals surface area contributed by atoms with Crippen LogP contribution in [-0.2, 0) is 18.4 Å². The molecule has 1 atom stereocenters. The van der Waals surface area contributed by atoms with Crippen molar-refractivity contribution >= 4 is 48.1 Å². The Morgan fingerprint density at radius 2 is 1.81 bits per heavy atom. The van der Waals surface area contributed by atoms with E-state index in [0.29, 0.717) is 0 Å². The Bertz CT molecular complexity index is 791. The van der Waals surface area contributed by atoms with Crippen molar-refractivity contribution < 1.29 is 31.6 Å². The summed E-state index contributed by atoms with van der Waals surface area (Å²) in [6.07, 6.45) is -5.09. The summed E-state index contributed by atoms with van der Waals surface area (Å²) >= 11 is 11.8. The summed E-state index contributed by atoms with van der Waals surface area (Å²) in [4.78, 5) is 15.5. The topological polar surface area (TPSA) is 77.0 Å². The summed E-state index contributed by atoms with van der Waals surface area (Å²) in [5.74, 6) is -3.81. The maximum atomic E-state index is 13.6. The minimum Gasteiger partial charge on any atom is -0.319 e. The van der Waals surface area contributed by atoms with Crippen molar-refractivity contribution in [2.75, 3.05) is 18.5 Å². The van der Waals surface area contributed by atoms with Gasteiger partial charge in [-0.25, -0.2) is 0 Å². The zero-order valence-corrected chi connectivity index (χ0v) is 16.0. The molecule has 0 radical (unpaired) electrons. The molecule has 0 spiro atoms. The number of anilines is 1. The molecule has 144 valence electrons. The molecule has 1 unspecified atom stereocenters. The average molecular weight is 433 g/mol. The molecular formula is C14H14Cl2F3N2O4P. The first-order valence-electron chi connectivity index (χ1n) is 7.37. The zero-order valence-electron chi connectivity index (χ0n) is 13.6. The highest BCUT2D eigenvalue weighted by molar-refractivity contribution is 7.54. The number of hydrogen-bond donors (Lipinski definition) is 1. The predicted molar refractivity (Wildman–Crippen MR) is 92.3 cm³/mol. The number of carbonyl (C=O) groups excluding carboxylic acids is 1. The Hall–Kier alpha value is -1.12. The molecule has 1 aromatic carbocycles. The van der Waals surface area contributed by atoms with Crippen LogP contribution in [0.3, 0.4) is 0 Å². The highest BCUT2D eigenvalue weighted by Gasteiger charge is 2.55. The number of amides is 1. The number of aliphatic imine (C=N–C) groups is 1. The molecule has 1 aliphatic rings. The van der Waals surface area contributed by atoms with Crippen LogP contribution in [0.15, 0.2) is 17.1 Å². The van der Waals surface area contributed by atoms with Crippen LogP contribution in [0.1, 0.15) is 19.4 Å². The second kappa shape index (κ2) is 7.86. The Balaban J connectivity index is 2.63. The molecule has 2 rings (SSSR count). The molecular weight excluding hydrogens is 419 g/mol. The van der Waals surface area contributed by atoms with Gasteiger partial charge in [0.05, 0.1) is 23.9 Å². The fraction of sp³-hybridized carbons (Fsp3) is 0.429. The van der Waals surface area contributed by atoms with Gasteiger partial charge in [0.2, 0.25) is 5.78 Å². The van der Waals surface area contributed by atoms with E-state index in [1.807, 2.05) is 0 Å². The molecule has 26 heavy (non-hydrogen) atoms. The second-order valence-electron chi connectivity index (χ2n) is 5.03. The summed E-state index contributed by atoms with van der Waals surface area (Å²) < 4.78 is 62.8. The zero-order chi connectivity index (χ0) is 19.7. The highest BCUT2D eigenvalue weighted by atomic mass is 35.5. The number of halogens is 5. The smallest absolute Gasteiger partial charge is 0.319 e. The van der Waals surface area contributed by atoms with Gasteiger partial charge >= 0.3 is 13.8 Å². The summed E-state index contributed by atoms with van der Waals surface area (Å²) in [6.45, 7) is 2.14. The largest absolute Gasteiger partial charge is 0.422 e. The molecule has 0 saturated heterocycles. The van der Waals surface area contributed by atoms with E-state index in [9.17, 15) is 22.5 Å². The Labute approximate surface area is 157 Å². The van der Waals surface area contributed by atoms with E-state index in [4.69, 9.17) is 32.2 Å². The Kier molecular flexibility index (Phi) is 6.40. The summed E-state index contributed by atoms with van der Waals surface area (Å²) in [7, 11) is -4.72. The molecule has 1 amide bonds. The summed E-state index contributed by atoms with van der Waals surface area (Å²) in [5.41, 5.74) is -0.559. The van der Waals surface area contributed by atoms with E-state index in [2.05, 4.69) is 10.3 Å². The molecule has 0 aromatic heterocycles. The average Bonchev–Trinajstić information content (AvgIpc) is 2.80. The lowest BCUT2D eigenvalue weighted by molar-refractivity contribution is -0.133. The first-order chi connectivity index (χ1) is 12.0. The van der Waals surface area contributed by atoms with Gasteiger partial charge in [0.1, 0.15) is 5.71 Å². The van der Waals surface area contributed by atoms with E-state index in [0.717, 1.165) is 0 Å². The Morgan fingerprint density at radius 3 is 2.31 bits per heavy atom. The molecule has 12 heteroatoms. The fourth-order valence-corrected chi connectivity index (χ4v) is 4.53. The second-order valence-corrected chi connectivity index (χ2v) is 7.96. The normalized spacial score (nSPS) is 17.3. The number of nitrogens with zero attached hydrogens (tertiary/aromatic N) is 1. The number of alkyl halides is 3. The Morgan fingerprint density at radius 1 is 1.23 bits per heavy atom. The van der Waals surface area contributed by atoms with Crippen LogP contribution in [0, 0.1) is 0 Å². The number of carbonyl (C=O) groups is 1. The minimum atomic E-state index is -5.09. The third-order valence-corrected chi connectivity index (χ3v) is 5.99. The monoisotopic (exact) mass is 432 g/mol. The van der Waals surface area contributed by atoms with Crippen molar-refractivity contribution in [2.45, 2.75) is 25.8 Å². The summed E-state index contributed by atoms with van der Waals surface area (Å²) in [6, 6.07) is 2.55. The molecule has 0 fully saturated rings.